The molecule has 0 aliphatic heterocycles. The van der Waals surface area contributed by atoms with E-state index in [0.717, 1.165) is 0 Å². The lowest BCUT2D eigenvalue weighted by atomic mass is 10.1. The third-order valence-corrected chi connectivity index (χ3v) is 6.10. The van der Waals surface area contributed by atoms with Gasteiger partial charge in [0.15, 0.2) is 0 Å². The van der Waals surface area contributed by atoms with E-state index in [2.05, 4.69) is 25.9 Å². The first-order chi connectivity index (χ1) is 19.5. The van der Waals surface area contributed by atoms with Crippen LogP contribution in [0.2, 0.25) is 0 Å². The number of amides is 1. The summed E-state index contributed by atoms with van der Waals surface area (Å²) >= 11 is 5.74. The van der Waals surface area contributed by atoms with Crippen molar-refractivity contribution in [2.75, 3.05) is 75.2 Å². The van der Waals surface area contributed by atoms with Crippen molar-refractivity contribution in [2.24, 2.45) is 0 Å². The van der Waals surface area contributed by atoms with Crippen molar-refractivity contribution in [1.82, 2.24) is 14.9 Å². The zero-order chi connectivity index (χ0) is 30.2. The first-order valence-corrected chi connectivity index (χ1v) is 13.0. The molecule has 0 radical (unpaired) electrons. The Labute approximate surface area is 241 Å². The van der Waals surface area contributed by atoms with Crippen LogP contribution >= 0.6 is 11.6 Å². The SMILES string of the molecule is COc1ccccc1Nc1ncc(C(F)(F)F)c(Nc2cc(NC(=O)CCCl)c(N(C)CCN(C)C)cc2OC)n1. The summed E-state index contributed by atoms with van der Waals surface area (Å²) in [6.07, 6.45) is -4.02. The van der Waals surface area contributed by atoms with Gasteiger partial charge in [-0.15, -0.1) is 11.6 Å². The highest BCUT2D eigenvalue weighted by atomic mass is 35.5. The number of alkyl halides is 4. The van der Waals surface area contributed by atoms with E-state index in [1.54, 1.807) is 30.3 Å². The molecule has 0 saturated heterocycles. The van der Waals surface area contributed by atoms with E-state index in [9.17, 15) is 18.0 Å². The Morgan fingerprint density at radius 1 is 0.976 bits per heavy atom. The summed E-state index contributed by atoms with van der Waals surface area (Å²) in [5.74, 6) is -0.165. The molecule has 0 saturated carbocycles. The van der Waals surface area contributed by atoms with E-state index in [1.165, 1.54) is 20.3 Å². The Kier molecular flexibility index (Phi) is 10.8. The third kappa shape index (κ3) is 8.51. The molecule has 0 spiro atoms. The fraction of sp³-hybridized carbons (Fsp3) is 0.370. The van der Waals surface area contributed by atoms with Crippen LogP contribution in [-0.2, 0) is 11.0 Å². The number of ether oxygens (including phenoxy) is 2. The highest BCUT2D eigenvalue weighted by Crippen LogP contribution is 2.41. The van der Waals surface area contributed by atoms with E-state index >= 15 is 0 Å². The normalized spacial score (nSPS) is 11.3. The van der Waals surface area contributed by atoms with Crippen LogP contribution < -0.4 is 30.3 Å². The van der Waals surface area contributed by atoms with E-state index in [4.69, 9.17) is 21.1 Å². The van der Waals surface area contributed by atoms with Gasteiger partial charge in [-0.3, -0.25) is 4.79 Å². The number of benzene rings is 2. The fourth-order valence-corrected chi connectivity index (χ4v) is 3.93. The molecule has 0 fully saturated rings. The van der Waals surface area contributed by atoms with Crippen molar-refractivity contribution < 1.29 is 27.4 Å². The van der Waals surface area contributed by atoms with Crippen LogP contribution in [0, 0.1) is 0 Å². The van der Waals surface area contributed by atoms with Crippen LogP contribution in [0.25, 0.3) is 0 Å². The lowest BCUT2D eigenvalue weighted by Crippen LogP contribution is -2.29. The second kappa shape index (κ2) is 14.1. The molecule has 0 unspecified atom stereocenters. The maximum absolute atomic E-state index is 14.0. The Balaban J connectivity index is 2.08. The summed E-state index contributed by atoms with van der Waals surface area (Å²) < 4.78 is 52.8. The number of nitrogens with one attached hydrogen (secondary N) is 3. The first kappa shape index (κ1) is 31.6. The molecule has 222 valence electrons. The van der Waals surface area contributed by atoms with Crippen LogP contribution in [0.3, 0.4) is 0 Å². The van der Waals surface area contributed by atoms with Crippen LogP contribution in [0.1, 0.15) is 12.0 Å². The molecule has 3 aromatic rings. The zero-order valence-electron chi connectivity index (χ0n) is 23.4. The van der Waals surface area contributed by atoms with E-state index < -0.39 is 17.6 Å². The molecule has 0 aliphatic rings. The molecular formula is C27H33ClF3N7O3. The molecule has 0 aliphatic carbocycles. The van der Waals surface area contributed by atoms with Gasteiger partial charge >= 0.3 is 6.18 Å². The number of hydrogen-bond acceptors (Lipinski definition) is 9. The Morgan fingerprint density at radius 2 is 1.68 bits per heavy atom. The number of carbonyl (C=O) groups is 1. The van der Waals surface area contributed by atoms with E-state index in [-0.39, 0.29) is 35.6 Å². The summed E-state index contributed by atoms with van der Waals surface area (Å²) in [7, 11) is 8.57. The van der Waals surface area contributed by atoms with E-state index in [1.807, 2.05) is 30.9 Å². The lowest BCUT2D eigenvalue weighted by Gasteiger charge is -2.26. The van der Waals surface area contributed by atoms with Gasteiger partial charge < -0.3 is 35.2 Å². The van der Waals surface area contributed by atoms with Crippen LogP contribution in [0.5, 0.6) is 11.5 Å². The number of anilines is 6. The lowest BCUT2D eigenvalue weighted by molar-refractivity contribution is -0.137. The van der Waals surface area contributed by atoms with Gasteiger partial charge in [0.25, 0.3) is 0 Å². The van der Waals surface area contributed by atoms with Crippen molar-refractivity contribution in [3.63, 3.8) is 0 Å². The predicted octanol–water partition coefficient (Wildman–Crippen LogP) is 5.57. The number of para-hydroxylation sites is 2. The molecular weight excluding hydrogens is 563 g/mol. The molecule has 3 N–H and O–H groups in total. The van der Waals surface area contributed by atoms with E-state index in [0.29, 0.717) is 42.1 Å². The van der Waals surface area contributed by atoms with Gasteiger partial charge in [-0.1, -0.05) is 12.1 Å². The predicted molar refractivity (Wildman–Crippen MR) is 155 cm³/mol. The monoisotopic (exact) mass is 595 g/mol. The largest absolute Gasteiger partial charge is 0.495 e. The summed E-state index contributed by atoms with van der Waals surface area (Å²) in [4.78, 5) is 24.4. The van der Waals surface area contributed by atoms with Crippen molar-refractivity contribution in [2.45, 2.75) is 12.6 Å². The topological polar surface area (TPSA) is 104 Å². The smallest absolute Gasteiger partial charge is 0.421 e. The van der Waals surface area contributed by atoms with Gasteiger partial charge in [-0.05, 0) is 32.3 Å². The van der Waals surface area contributed by atoms with Gasteiger partial charge in [-0.25, -0.2) is 4.98 Å². The highest BCUT2D eigenvalue weighted by molar-refractivity contribution is 6.19. The van der Waals surface area contributed by atoms with Crippen molar-refractivity contribution >= 4 is 52.0 Å². The maximum Gasteiger partial charge on any atom is 0.421 e. The second-order valence-corrected chi connectivity index (χ2v) is 9.56. The molecule has 0 bridgehead atoms. The summed E-state index contributed by atoms with van der Waals surface area (Å²) in [6.45, 7) is 1.31. The molecule has 14 heteroatoms. The van der Waals surface area contributed by atoms with Gasteiger partial charge in [0.05, 0.1) is 37.0 Å². The minimum absolute atomic E-state index is 0.0549. The first-order valence-electron chi connectivity index (χ1n) is 12.5. The number of likely N-dealkylation sites (N-methyl/N-ethyl adjacent to an activating group) is 2. The minimum atomic E-state index is -4.76. The average Bonchev–Trinajstić information content (AvgIpc) is 2.91. The summed E-state index contributed by atoms with van der Waals surface area (Å²) in [6, 6.07) is 9.99. The fourth-order valence-electron chi connectivity index (χ4n) is 3.76. The minimum Gasteiger partial charge on any atom is -0.495 e. The highest BCUT2D eigenvalue weighted by Gasteiger charge is 2.36. The molecule has 2 aromatic carbocycles. The van der Waals surface area contributed by atoms with Crippen LogP contribution in [-0.4, -0.2) is 75.1 Å². The quantitative estimate of drug-likeness (QED) is 0.219. The Morgan fingerprint density at radius 3 is 2.32 bits per heavy atom. The zero-order valence-corrected chi connectivity index (χ0v) is 24.2. The number of halogens is 4. The van der Waals surface area contributed by atoms with Gasteiger partial charge in [0.1, 0.15) is 22.9 Å². The van der Waals surface area contributed by atoms with Gasteiger partial charge in [-0.2, -0.15) is 18.2 Å². The molecule has 1 amide bonds. The Bertz CT molecular complexity index is 1340. The molecule has 3 rings (SSSR count). The molecule has 41 heavy (non-hydrogen) atoms. The number of carbonyl (C=O) groups excluding carboxylic acids is 1. The Hall–Kier alpha value is -3.97. The van der Waals surface area contributed by atoms with Crippen molar-refractivity contribution in [3.8, 4) is 11.5 Å². The molecule has 10 nitrogen and oxygen atoms in total. The molecule has 1 aromatic heterocycles. The van der Waals surface area contributed by atoms with Crippen molar-refractivity contribution in [3.05, 3.63) is 48.2 Å². The van der Waals surface area contributed by atoms with Crippen LogP contribution in [0.4, 0.5) is 47.7 Å². The summed E-state index contributed by atoms with van der Waals surface area (Å²) in [5, 5.41) is 8.44. The number of nitrogens with zero attached hydrogens (tertiary/aromatic N) is 4. The number of methoxy groups -OCH3 is 2. The van der Waals surface area contributed by atoms with Gasteiger partial charge in [0, 0.05) is 44.7 Å². The molecule has 1 heterocycles. The second-order valence-electron chi connectivity index (χ2n) is 9.19. The standard InChI is InChI=1S/C27H33ClF3N7O3/c1-37(2)12-13-38(3)21-15-23(41-5)20(14-19(21)33-24(39)10-11-28)34-25-17(27(29,30)31)16-32-26(36-25)35-18-8-6-7-9-22(18)40-4/h6-9,14-16H,10-13H2,1-5H3,(H,33,39)(H2,32,34,35,36). The summed E-state index contributed by atoms with van der Waals surface area (Å²) in [5.41, 5.74) is 0.484. The number of hydrogen-bond donors (Lipinski definition) is 3. The number of aromatic nitrogens is 2. The number of rotatable bonds is 13. The van der Waals surface area contributed by atoms with Gasteiger partial charge in [0.2, 0.25) is 11.9 Å². The maximum atomic E-state index is 14.0. The van der Waals surface area contributed by atoms with Crippen molar-refractivity contribution in [1.29, 1.82) is 0 Å². The average molecular weight is 596 g/mol. The third-order valence-electron chi connectivity index (χ3n) is 5.91. The van der Waals surface area contributed by atoms with Crippen LogP contribution in [0.15, 0.2) is 42.6 Å². The molecule has 0 atom stereocenters.